The highest BCUT2D eigenvalue weighted by molar-refractivity contribution is 9.11. The molecule has 3 nitrogen and oxygen atoms in total. The van der Waals surface area contributed by atoms with Crippen molar-refractivity contribution in [3.63, 3.8) is 0 Å². The lowest BCUT2D eigenvalue weighted by Crippen LogP contribution is -2.03. The first-order chi connectivity index (χ1) is 9.49. The average molecular weight is 403 g/mol. The summed E-state index contributed by atoms with van der Waals surface area (Å²) in [5.41, 5.74) is 6.74. The van der Waals surface area contributed by atoms with Gasteiger partial charge in [0.15, 0.2) is 11.6 Å². The van der Waals surface area contributed by atoms with Crippen LogP contribution < -0.4 is 5.73 Å². The van der Waals surface area contributed by atoms with Crippen molar-refractivity contribution in [1.82, 2.24) is 9.55 Å². The Morgan fingerprint density at radius 2 is 1.85 bits per heavy atom. The molecule has 2 aromatic carbocycles. The molecule has 0 amide bonds. The van der Waals surface area contributed by atoms with E-state index in [0.29, 0.717) is 15.7 Å². The average Bonchev–Trinajstić information content (AvgIpc) is 2.74. The molecule has 0 fully saturated rings. The predicted molar refractivity (Wildman–Crippen MR) is 80.8 cm³/mol. The quantitative estimate of drug-likeness (QED) is 0.655. The summed E-state index contributed by atoms with van der Waals surface area (Å²) in [6.07, 6.45) is 0. The Hall–Kier alpha value is -1.47. The number of anilines is 1. The largest absolute Gasteiger partial charge is 0.369 e. The highest BCUT2D eigenvalue weighted by atomic mass is 79.9. The molecule has 3 aromatic rings. The van der Waals surface area contributed by atoms with E-state index in [1.165, 1.54) is 10.6 Å². The number of imidazole rings is 1. The lowest BCUT2D eigenvalue weighted by Gasteiger charge is -2.10. The van der Waals surface area contributed by atoms with Gasteiger partial charge in [-0.3, -0.25) is 4.57 Å². The zero-order chi connectivity index (χ0) is 14.4. The summed E-state index contributed by atoms with van der Waals surface area (Å²) >= 11 is 6.71. The maximum atomic E-state index is 14.1. The van der Waals surface area contributed by atoms with Gasteiger partial charge in [-0.25, -0.2) is 13.8 Å². The maximum absolute atomic E-state index is 14.1. The number of nitrogens with two attached hydrogens (primary N) is 1. The molecule has 0 saturated carbocycles. The van der Waals surface area contributed by atoms with Gasteiger partial charge in [0, 0.05) is 8.95 Å². The van der Waals surface area contributed by atoms with Crippen LogP contribution in [0.25, 0.3) is 16.7 Å². The highest BCUT2D eigenvalue weighted by Gasteiger charge is 2.18. The lowest BCUT2D eigenvalue weighted by molar-refractivity contribution is 0.514. The minimum absolute atomic E-state index is 0.0151. The molecule has 0 bridgehead atoms. The van der Waals surface area contributed by atoms with Crippen LogP contribution in [-0.2, 0) is 0 Å². The Kier molecular flexibility index (Phi) is 3.25. The number of nitrogens with zero attached hydrogens (tertiary/aromatic N) is 2. The summed E-state index contributed by atoms with van der Waals surface area (Å²) in [4.78, 5) is 4.06. The van der Waals surface area contributed by atoms with E-state index in [9.17, 15) is 8.78 Å². The number of fused-ring (bicyclic) bond motifs is 1. The molecule has 0 aliphatic rings. The van der Waals surface area contributed by atoms with Crippen LogP contribution in [0.1, 0.15) is 0 Å². The third kappa shape index (κ3) is 2.01. The van der Waals surface area contributed by atoms with Crippen LogP contribution >= 0.6 is 31.9 Å². The van der Waals surface area contributed by atoms with Gasteiger partial charge >= 0.3 is 0 Å². The molecule has 102 valence electrons. The van der Waals surface area contributed by atoms with E-state index >= 15 is 0 Å². The fraction of sp³-hybridized carbons (Fsp3) is 0. The van der Waals surface area contributed by atoms with Crippen molar-refractivity contribution in [2.75, 3.05) is 5.73 Å². The van der Waals surface area contributed by atoms with Gasteiger partial charge in [-0.15, -0.1) is 0 Å². The Labute approximate surface area is 129 Å². The topological polar surface area (TPSA) is 43.8 Å². The number of halogens is 4. The molecular formula is C13H7Br2F2N3. The van der Waals surface area contributed by atoms with Crippen molar-refractivity contribution in [2.45, 2.75) is 0 Å². The van der Waals surface area contributed by atoms with E-state index in [1.54, 1.807) is 12.1 Å². The molecule has 0 aliphatic heterocycles. The molecule has 1 heterocycles. The van der Waals surface area contributed by atoms with Gasteiger partial charge in [-0.1, -0.05) is 15.9 Å². The standard InChI is InChI=1S/C13H7Br2F2N3/c14-6-1-2-7(15)10(5-6)20-12-9(19-13(20)18)4-3-8(16)11(12)17/h1-5H,(H2,18,19). The van der Waals surface area contributed by atoms with Crippen molar-refractivity contribution in [2.24, 2.45) is 0 Å². The maximum Gasteiger partial charge on any atom is 0.206 e. The molecular weight excluding hydrogens is 396 g/mol. The zero-order valence-electron chi connectivity index (χ0n) is 9.87. The van der Waals surface area contributed by atoms with Crippen molar-refractivity contribution < 1.29 is 8.78 Å². The van der Waals surface area contributed by atoms with E-state index in [-0.39, 0.29) is 11.5 Å². The monoisotopic (exact) mass is 401 g/mol. The third-order valence-electron chi connectivity index (χ3n) is 2.88. The molecule has 3 rings (SSSR count). The third-order valence-corrected chi connectivity index (χ3v) is 4.05. The Morgan fingerprint density at radius 1 is 1.10 bits per heavy atom. The highest BCUT2D eigenvalue weighted by Crippen LogP contribution is 2.32. The van der Waals surface area contributed by atoms with Gasteiger partial charge in [-0.05, 0) is 46.3 Å². The Balaban J connectivity index is 2.44. The van der Waals surface area contributed by atoms with Crippen molar-refractivity contribution in [3.8, 4) is 5.69 Å². The molecule has 20 heavy (non-hydrogen) atoms. The summed E-state index contributed by atoms with van der Waals surface area (Å²) in [5, 5.41) is 0. The minimum atomic E-state index is -0.974. The Morgan fingerprint density at radius 3 is 2.60 bits per heavy atom. The SMILES string of the molecule is Nc1nc2ccc(F)c(F)c2n1-c1cc(Br)ccc1Br. The zero-order valence-corrected chi connectivity index (χ0v) is 13.0. The first kappa shape index (κ1) is 13.5. The summed E-state index contributed by atoms with van der Waals surface area (Å²) in [5.74, 6) is -1.83. The number of hydrogen-bond acceptors (Lipinski definition) is 2. The van der Waals surface area contributed by atoms with Crippen LogP contribution in [0.2, 0.25) is 0 Å². The van der Waals surface area contributed by atoms with Gasteiger partial charge in [0.05, 0.1) is 11.2 Å². The second-order valence-electron chi connectivity index (χ2n) is 4.13. The Bertz CT molecular complexity index is 830. The van der Waals surface area contributed by atoms with E-state index in [4.69, 9.17) is 5.73 Å². The molecule has 0 spiro atoms. The van der Waals surface area contributed by atoms with Gasteiger partial charge < -0.3 is 5.73 Å². The van der Waals surface area contributed by atoms with E-state index in [0.717, 1.165) is 10.5 Å². The minimum Gasteiger partial charge on any atom is -0.369 e. The predicted octanol–water partition coefficient (Wildman–Crippen LogP) is 4.41. The second kappa shape index (κ2) is 4.82. The first-order valence-corrected chi connectivity index (χ1v) is 7.15. The number of rotatable bonds is 1. The molecule has 1 aromatic heterocycles. The fourth-order valence-corrected chi connectivity index (χ4v) is 2.79. The summed E-state index contributed by atoms with van der Waals surface area (Å²) in [6, 6.07) is 7.77. The van der Waals surface area contributed by atoms with Crippen LogP contribution in [0.3, 0.4) is 0 Å². The molecule has 7 heteroatoms. The summed E-state index contributed by atoms with van der Waals surface area (Å²) in [6.45, 7) is 0. The first-order valence-electron chi connectivity index (χ1n) is 5.56. The van der Waals surface area contributed by atoms with Crippen molar-refractivity contribution >= 4 is 48.8 Å². The smallest absolute Gasteiger partial charge is 0.206 e. The van der Waals surface area contributed by atoms with Gasteiger partial charge in [-0.2, -0.15) is 0 Å². The van der Waals surface area contributed by atoms with Crippen LogP contribution in [0.15, 0.2) is 39.3 Å². The number of nitrogen functional groups attached to an aromatic ring is 1. The molecule has 0 aliphatic carbocycles. The summed E-state index contributed by atoms with van der Waals surface area (Å²) < 4.78 is 30.4. The molecule has 2 N–H and O–H groups in total. The second-order valence-corrected chi connectivity index (χ2v) is 5.90. The molecule has 0 atom stereocenters. The molecule has 0 saturated heterocycles. The summed E-state index contributed by atoms with van der Waals surface area (Å²) in [7, 11) is 0. The van der Waals surface area contributed by atoms with Crippen LogP contribution in [0.5, 0.6) is 0 Å². The number of hydrogen-bond donors (Lipinski definition) is 1. The number of aromatic nitrogens is 2. The van der Waals surface area contributed by atoms with Gasteiger partial charge in [0.2, 0.25) is 5.95 Å². The number of benzene rings is 2. The van der Waals surface area contributed by atoms with Crippen LogP contribution in [0, 0.1) is 11.6 Å². The van der Waals surface area contributed by atoms with Crippen LogP contribution in [0.4, 0.5) is 14.7 Å². The molecule has 0 radical (unpaired) electrons. The lowest BCUT2D eigenvalue weighted by atomic mass is 10.2. The van der Waals surface area contributed by atoms with Crippen molar-refractivity contribution in [3.05, 3.63) is 50.9 Å². The van der Waals surface area contributed by atoms with E-state index in [2.05, 4.69) is 36.8 Å². The van der Waals surface area contributed by atoms with Crippen molar-refractivity contribution in [1.29, 1.82) is 0 Å². The van der Waals surface area contributed by atoms with Gasteiger partial charge in [0.25, 0.3) is 0 Å². The van der Waals surface area contributed by atoms with Gasteiger partial charge in [0.1, 0.15) is 5.52 Å². The molecule has 0 unspecified atom stereocenters. The van der Waals surface area contributed by atoms with Crippen LogP contribution in [-0.4, -0.2) is 9.55 Å². The van der Waals surface area contributed by atoms with E-state index in [1.807, 2.05) is 6.07 Å². The van der Waals surface area contributed by atoms with E-state index < -0.39 is 11.6 Å². The normalized spacial score (nSPS) is 11.2. The fourth-order valence-electron chi connectivity index (χ4n) is 2.02.